The van der Waals surface area contributed by atoms with Crippen LogP contribution in [0.2, 0.25) is 0 Å². The normalized spacial score (nSPS) is 26.6. The Kier molecular flexibility index (Phi) is 4.71. The van der Waals surface area contributed by atoms with Crippen LogP contribution in [0.4, 0.5) is 0 Å². The van der Waals surface area contributed by atoms with Crippen LogP contribution >= 0.6 is 0 Å². The Morgan fingerprint density at radius 3 is 2.62 bits per heavy atom. The van der Waals surface area contributed by atoms with E-state index in [0.29, 0.717) is 17.9 Å². The molecule has 5 heteroatoms. The number of aromatic nitrogens is 2. The summed E-state index contributed by atoms with van der Waals surface area (Å²) in [5, 5.41) is 13.4. The molecule has 0 radical (unpaired) electrons. The molecule has 0 bridgehead atoms. The van der Waals surface area contributed by atoms with Crippen LogP contribution in [-0.4, -0.2) is 32.7 Å². The maximum Gasteiger partial charge on any atom is 0.240 e. The zero-order valence-electron chi connectivity index (χ0n) is 13.3. The Morgan fingerprint density at radius 1 is 1.43 bits per heavy atom. The second-order valence-corrected chi connectivity index (χ2v) is 7.38. The van der Waals surface area contributed by atoms with Gasteiger partial charge in [-0.3, -0.25) is 4.79 Å². The molecule has 0 saturated heterocycles. The van der Waals surface area contributed by atoms with Crippen molar-refractivity contribution in [1.82, 2.24) is 14.9 Å². The van der Waals surface area contributed by atoms with Gasteiger partial charge in [-0.25, -0.2) is 4.98 Å². The molecule has 2 N–H and O–H groups in total. The van der Waals surface area contributed by atoms with Gasteiger partial charge >= 0.3 is 0 Å². The van der Waals surface area contributed by atoms with Crippen molar-refractivity contribution in [3.05, 3.63) is 18.7 Å². The molecular formula is C16H27N3O2. The van der Waals surface area contributed by atoms with E-state index < -0.39 is 5.60 Å². The summed E-state index contributed by atoms with van der Waals surface area (Å²) in [4.78, 5) is 15.8. The highest BCUT2D eigenvalue weighted by molar-refractivity contribution is 5.75. The lowest BCUT2D eigenvalue weighted by atomic mass is 9.68. The predicted octanol–water partition coefficient (Wildman–Crippen LogP) is 1.97. The molecule has 5 nitrogen and oxygen atoms in total. The molecule has 1 fully saturated rings. The molecule has 0 aromatic carbocycles. The minimum Gasteiger partial charge on any atom is -0.388 e. The second-order valence-electron chi connectivity index (χ2n) is 7.38. The molecule has 0 aliphatic heterocycles. The van der Waals surface area contributed by atoms with Crippen molar-refractivity contribution in [2.24, 2.45) is 11.3 Å². The molecule has 1 saturated carbocycles. The van der Waals surface area contributed by atoms with Crippen LogP contribution in [0, 0.1) is 11.3 Å². The standard InChI is InChI=1S/C16H27N3O2/c1-15(2,3)13-4-6-16(21,7-5-13)11-18-14(20)10-19-9-8-17-12-19/h8-9,12-13,21H,4-7,10-11H2,1-3H3,(H,18,20). The highest BCUT2D eigenvalue weighted by Gasteiger charge is 2.37. The van der Waals surface area contributed by atoms with Crippen LogP contribution in [0.3, 0.4) is 0 Å². The smallest absolute Gasteiger partial charge is 0.240 e. The molecule has 118 valence electrons. The van der Waals surface area contributed by atoms with Crippen molar-refractivity contribution in [3.8, 4) is 0 Å². The van der Waals surface area contributed by atoms with E-state index >= 15 is 0 Å². The van der Waals surface area contributed by atoms with Gasteiger partial charge in [-0.2, -0.15) is 0 Å². The Hall–Kier alpha value is -1.36. The van der Waals surface area contributed by atoms with Crippen molar-refractivity contribution in [1.29, 1.82) is 0 Å². The molecule has 1 aliphatic carbocycles. The predicted molar refractivity (Wildman–Crippen MR) is 81.6 cm³/mol. The Morgan fingerprint density at radius 2 is 2.10 bits per heavy atom. The van der Waals surface area contributed by atoms with E-state index in [1.807, 2.05) is 0 Å². The van der Waals surface area contributed by atoms with E-state index in [0.717, 1.165) is 25.7 Å². The molecule has 2 rings (SSSR count). The second kappa shape index (κ2) is 6.18. The molecule has 1 amide bonds. The van der Waals surface area contributed by atoms with Crippen LogP contribution in [-0.2, 0) is 11.3 Å². The molecule has 1 aromatic heterocycles. The number of nitrogens with zero attached hydrogens (tertiary/aromatic N) is 2. The Bertz CT molecular complexity index is 454. The van der Waals surface area contributed by atoms with Gasteiger partial charge in [0.15, 0.2) is 0 Å². The van der Waals surface area contributed by atoms with Gasteiger partial charge in [-0.15, -0.1) is 0 Å². The third-order valence-corrected chi connectivity index (χ3v) is 4.64. The van der Waals surface area contributed by atoms with Crippen molar-refractivity contribution < 1.29 is 9.90 Å². The summed E-state index contributed by atoms with van der Waals surface area (Å²) in [5.41, 5.74) is -0.446. The first-order chi connectivity index (χ1) is 9.78. The molecule has 1 heterocycles. The molecule has 1 aliphatic rings. The Labute approximate surface area is 126 Å². The van der Waals surface area contributed by atoms with Gasteiger partial charge in [0.2, 0.25) is 5.91 Å². The summed E-state index contributed by atoms with van der Waals surface area (Å²) in [5.74, 6) is 0.568. The van der Waals surface area contributed by atoms with E-state index in [4.69, 9.17) is 0 Å². The minimum atomic E-state index is -0.744. The number of aliphatic hydroxyl groups is 1. The minimum absolute atomic E-state index is 0.0839. The summed E-state index contributed by atoms with van der Waals surface area (Å²) >= 11 is 0. The molecule has 0 unspecified atom stereocenters. The van der Waals surface area contributed by atoms with Crippen molar-refractivity contribution in [2.75, 3.05) is 6.54 Å². The highest BCUT2D eigenvalue weighted by Crippen LogP contribution is 2.41. The fraction of sp³-hybridized carbons (Fsp3) is 0.750. The molecule has 1 aromatic rings. The number of carbonyl (C=O) groups excluding carboxylic acids is 1. The van der Waals surface area contributed by atoms with E-state index in [2.05, 4.69) is 31.1 Å². The lowest BCUT2D eigenvalue weighted by molar-refractivity contribution is -0.123. The van der Waals surface area contributed by atoms with Gasteiger partial charge < -0.3 is 15.0 Å². The van der Waals surface area contributed by atoms with Gasteiger partial charge in [0.25, 0.3) is 0 Å². The summed E-state index contributed by atoms with van der Waals surface area (Å²) in [7, 11) is 0. The number of carbonyl (C=O) groups is 1. The van der Waals surface area contributed by atoms with Crippen molar-refractivity contribution in [2.45, 2.75) is 58.6 Å². The zero-order valence-corrected chi connectivity index (χ0v) is 13.3. The number of nitrogens with one attached hydrogen (secondary N) is 1. The average Bonchev–Trinajstić information content (AvgIpc) is 2.89. The quantitative estimate of drug-likeness (QED) is 0.892. The van der Waals surface area contributed by atoms with Crippen molar-refractivity contribution >= 4 is 5.91 Å². The fourth-order valence-corrected chi connectivity index (χ4v) is 3.06. The molecule has 21 heavy (non-hydrogen) atoms. The zero-order chi connectivity index (χ0) is 15.5. The first kappa shape index (κ1) is 16.0. The van der Waals surface area contributed by atoms with Crippen LogP contribution in [0.25, 0.3) is 0 Å². The summed E-state index contributed by atoms with van der Waals surface area (Å²) in [6, 6.07) is 0. The van der Waals surface area contributed by atoms with E-state index in [1.54, 1.807) is 23.3 Å². The number of amides is 1. The average molecular weight is 293 g/mol. The fourth-order valence-electron chi connectivity index (χ4n) is 3.06. The summed E-state index contributed by atoms with van der Waals surface area (Å²) in [6.45, 7) is 7.37. The number of imidazole rings is 1. The maximum absolute atomic E-state index is 11.8. The van der Waals surface area contributed by atoms with Gasteiger partial charge in [0.05, 0.1) is 11.9 Å². The number of hydrogen-bond acceptors (Lipinski definition) is 3. The third-order valence-electron chi connectivity index (χ3n) is 4.64. The first-order valence-corrected chi connectivity index (χ1v) is 7.73. The molecular weight excluding hydrogens is 266 g/mol. The van der Waals surface area contributed by atoms with Gasteiger partial charge in [0, 0.05) is 18.9 Å². The first-order valence-electron chi connectivity index (χ1n) is 7.73. The largest absolute Gasteiger partial charge is 0.388 e. The Balaban J connectivity index is 1.77. The van der Waals surface area contributed by atoms with Crippen LogP contribution in [0.15, 0.2) is 18.7 Å². The van der Waals surface area contributed by atoms with Gasteiger partial charge in [-0.05, 0) is 37.0 Å². The van der Waals surface area contributed by atoms with E-state index in [1.165, 1.54) is 0 Å². The van der Waals surface area contributed by atoms with Gasteiger partial charge in [-0.1, -0.05) is 20.8 Å². The van der Waals surface area contributed by atoms with Crippen LogP contribution in [0.5, 0.6) is 0 Å². The monoisotopic (exact) mass is 293 g/mol. The van der Waals surface area contributed by atoms with Crippen molar-refractivity contribution in [3.63, 3.8) is 0 Å². The third kappa shape index (κ3) is 4.56. The summed E-state index contributed by atoms with van der Waals surface area (Å²) in [6.07, 6.45) is 8.59. The van der Waals surface area contributed by atoms with Gasteiger partial charge in [0.1, 0.15) is 6.54 Å². The number of rotatable bonds is 4. The SMILES string of the molecule is CC(C)(C)C1CCC(O)(CNC(=O)Cn2ccnc2)CC1. The number of hydrogen-bond donors (Lipinski definition) is 2. The molecule has 0 atom stereocenters. The topological polar surface area (TPSA) is 67.2 Å². The maximum atomic E-state index is 11.8. The highest BCUT2D eigenvalue weighted by atomic mass is 16.3. The van der Waals surface area contributed by atoms with Crippen LogP contribution < -0.4 is 5.32 Å². The lowest BCUT2D eigenvalue weighted by Crippen LogP contribution is -2.47. The van der Waals surface area contributed by atoms with Crippen LogP contribution in [0.1, 0.15) is 46.5 Å². The lowest BCUT2D eigenvalue weighted by Gasteiger charge is -2.41. The molecule has 0 spiro atoms. The summed E-state index contributed by atoms with van der Waals surface area (Å²) < 4.78 is 1.72. The van der Waals surface area contributed by atoms with E-state index in [9.17, 15) is 9.90 Å². The van der Waals surface area contributed by atoms with E-state index in [-0.39, 0.29) is 12.5 Å².